The molecule has 2 amide bonds. The number of hydrogen-bond acceptors (Lipinski definition) is 6. The maximum Gasteiger partial charge on any atom is 0.254 e. The Kier molecular flexibility index (Phi) is 9.79. The normalized spacial score (nSPS) is 18.7. The molecule has 11 heteroatoms. The van der Waals surface area contributed by atoms with Gasteiger partial charge >= 0.3 is 0 Å². The minimum Gasteiger partial charge on any atom is -0.488 e. The number of carbonyl (C=O) groups excluding carboxylic acids is 2. The van der Waals surface area contributed by atoms with Gasteiger partial charge in [-0.05, 0) is 67.1 Å². The first-order valence-electron chi connectivity index (χ1n) is 14.6. The second-order valence-electron chi connectivity index (χ2n) is 11.0. The molecule has 3 aromatic rings. The highest BCUT2D eigenvalue weighted by Gasteiger charge is 2.27. The van der Waals surface area contributed by atoms with E-state index in [0.29, 0.717) is 48.7 Å². The van der Waals surface area contributed by atoms with E-state index in [1.165, 1.54) is 24.3 Å². The maximum absolute atomic E-state index is 14.5. The molecule has 0 bridgehead atoms. The van der Waals surface area contributed by atoms with E-state index in [1.54, 1.807) is 40.1 Å². The third-order valence-electron chi connectivity index (χ3n) is 8.16. The van der Waals surface area contributed by atoms with Gasteiger partial charge in [-0.15, -0.1) is 12.4 Å². The SMILES string of the molecule is Cl.O=C(c1cc(F)cc(N2CCNCC2)c1)N1CCN(C(=O)c2ccc(O[C@H]3CCNC3)c(-c3ccc(F)cc3)c2)CC1. The molecule has 2 N–H and O–H groups in total. The minimum atomic E-state index is -0.434. The Labute approximate surface area is 256 Å². The van der Waals surface area contributed by atoms with E-state index in [4.69, 9.17) is 4.74 Å². The first kappa shape index (κ1) is 30.7. The molecular formula is C32H36ClF2N5O3. The lowest BCUT2D eigenvalue weighted by Crippen LogP contribution is -2.50. The van der Waals surface area contributed by atoms with Gasteiger partial charge in [-0.1, -0.05) is 12.1 Å². The molecule has 1 atom stereocenters. The molecule has 3 aliphatic rings. The molecule has 228 valence electrons. The van der Waals surface area contributed by atoms with E-state index in [2.05, 4.69) is 15.5 Å². The van der Waals surface area contributed by atoms with Crippen LogP contribution in [0.3, 0.4) is 0 Å². The van der Waals surface area contributed by atoms with Gasteiger partial charge in [-0.25, -0.2) is 8.78 Å². The van der Waals surface area contributed by atoms with Crippen LogP contribution in [0.15, 0.2) is 60.7 Å². The van der Waals surface area contributed by atoms with Gasteiger partial charge in [0.1, 0.15) is 23.5 Å². The highest BCUT2D eigenvalue weighted by Crippen LogP contribution is 2.33. The summed E-state index contributed by atoms with van der Waals surface area (Å²) in [5, 5.41) is 6.57. The number of amides is 2. The summed E-state index contributed by atoms with van der Waals surface area (Å²) in [7, 11) is 0. The summed E-state index contributed by atoms with van der Waals surface area (Å²) in [6.45, 7) is 6.21. The summed E-state index contributed by atoms with van der Waals surface area (Å²) in [4.78, 5) is 32.4. The fourth-order valence-corrected chi connectivity index (χ4v) is 5.81. The quantitative estimate of drug-likeness (QED) is 0.442. The largest absolute Gasteiger partial charge is 0.488 e. The van der Waals surface area contributed by atoms with Gasteiger partial charge in [-0.2, -0.15) is 0 Å². The second kappa shape index (κ2) is 13.7. The van der Waals surface area contributed by atoms with E-state index < -0.39 is 5.82 Å². The van der Waals surface area contributed by atoms with E-state index in [0.717, 1.165) is 56.8 Å². The van der Waals surface area contributed by atoms with Crippen molar-refractivity contribution in [3.63, 3.8) is 0 Å². The molecule has 0 saturated carbocycles. The van der Waals surface area contributed by atoms with E-state index in [9.17, 15) is 18.4 Å². The molecule has 0 aliphatic carbocycles. The van der Waals surface area contributed by atoms with Crippen LogP contribution in [0.5, 0.6) is 5.75 Å². The molecule has 6 rings (SSSR count). The summed E-state index contributed by atoms with van der Waals surface area (Å²) in [5.41, 5.74) is 3.02. The molecule has 3 saturated heterocycles. The Balaban J connectivity index is 0.00000368. The molecule has 0 spiro atoms. The van der Waals surface area contributed by atoms with Gasteiger partial charge in [-0.3, -0.25) is 9.59 Å². The highest BCUT2D eigenvalue weighted by molar-refractivity contribution is 5.97. The van der Waals surface area contributed by atoms with Crippen LogP contribution in [0, 0.1) is 11.6 Å². The molecule has 3 aliphatic heterocycles. The van der Waals surface area contributed by atoms with Crippen molar-refractivity contribution in [3.05, 3.63) is 83.4 Å². The number of hydrogen-bond donors (Lipinski definition) is 2. The summed E-state index contributed by atoms with van der Waals surface area (Å²) in [5.74, 6) is -0.501. The lowest BCUT2D eigenvalue weighted by Gasteiger charge is -2.35. The fourth-order valence-electron chi connectivity index (χ4n) is 5.81. The highest BCUT2D eigenvalue weighted by atomic mass is 35.5. The summed E-state index contributed by atoms with van der Waals surface area (Å²) >= 11 is 0. The Morgan fingerprint density at radius 3 is 2.05 bits per heavy atom. The predicted molar refractivity (Wildman–Crippen MR) is 164 cm³/mol. The van der Waals surface area contributed by atoms with Gasteiger partial charge in [0, 0.05) is 81.3 Å². The molecule has 3 heterocycles. The number of ether oxygens (including phenoxy) is 1. The zero-order chi connectivity index (χ0) is 29.1. The van der Waals surface area contributed by atoms with Gasteiger partial charge in [0.15, 0.2) is 0 Å². The fraction of sp³-hybridized carbons (Fsp3) is 0.375. The topological polar surface area (TPSA) is 77.2 Å². The molecule has 0 radical (unpaired) electrons. The Bertz CT molecular complexity index is 1440. The van der Waals surface area contributed by atoms with Crippen LogP contribution in [-0.4, -0.2) is 93.2 Å². The first-order chi connectivity index (χ1) is 20.4. The third-order valence-corrected chi connectivity index (χ3v) is 8.16. The number of nitrogens with zero attached hydrogens (tertiary/aromatic N) is 3. The summed E-state index contributed by atoms with van der Waals surface area (Å²) in [6, 6.07) is 16.0. The molecule has 3 fully saturated rings. The van der Waals surface area contributed by atoms with Crippen molar-refractivity contribution in [2.24, 2.45) is 0 Å². The Morgan fingerprint density at radius 1 is 0.721 bits per heavy atom. The second-order valence-corrected chi connectivity index (χ2v) is 11.0. The van der Waals surface area contributed by atoms with Crippen molar-refractivity contribution in [1.29, 1.82) is 0 Å². The van der Waals surface area contributed by atoms with Gasteiger partial charge in [0.2, 0.25) is 0 Å². The van der Waals surface area contributed by atoms with E-state index in [-0.39, 0.29) is 36.1 Å². The number of benzene rings is 3. The van der Waals surface area contributed by atoms with Crippen LogP contribution in [0.25, 0.3) is 11.1 Å². The van der Waals surface area contributed by atoms with Crippen molar-refractivity contribution in [3.8, 4) is 16.9 Å². The number of carbonyl (C=O) groups is 2. The van der Waals surface area contributed by atoms with Crippen molar-refractivity contribution >= 4 is 29.9 Å². The van der Waals surface area contributed by atoms with Crippen molar-refractivity contribution in [2.75, 3.05) is 70.3 Å². The van der Waals surface area contributed by atoms with Crippen LogP contribution in [0.1, 0.15) is 27.1 Å². The molecular weight excluding hydrogens is 576 g/mol. The van der Waals surface area contributed by atoms with Crippen LogP contribution in [0.4, 0.5) is 14.5 Å². The van der Waals surface area contributed by atoms with Crippen molar-refractivity contribution in [1.82, 2.24) is 20.4 Å². The molecule has 8 nitrogen and oxygen atoms in total. The Morgan fingerprint density at radius 2 is 1.40 bits per heavy atom. The van der Waals surface area contributed by atoms with Crippen LogP contribution < -0.4 is 20.3 Å². The van der Waals surface area contributed by atoms with Crippen LogP contribution >= 0.6 is 12.4 Å². The monoisotopic (exact) mass is 611 g/mol. The molecule has 0 unspecified atom stereocenters. The lowest BCUT2D eigenvalue weighted by atomic mass is 10.0. The smallest absolute Gasteiger partial charge is 0.254 e. The zero-order valence-corrected chi connectivity index (χ0v) is 24.7. The van der Waals surface area contributed by atoms with E-state index in [1.807, 2.05) is 6.07 Å². The standard InChI is InChI=1S/C32H35F2N5O3.ClH/c33-25-4-1-22(2-5-25)29-19-23(3-6-30(29)42-28-7-8-36-21-28)31(40)38-13-15-39(16-14-38)32(41)24-17-26(34)20-27(18-24)37-11-9-35-10-12-37;/h1-6,17-20,28,35-36H,7-16,21H2;1H/t28-;/m0./s1. The molecule has 0 aromatic heterocycles. The third kappa shape index (κ3) is 7.09. The van der Waals surface area contributed by atoms with E-state index >= 15 is 0 Å². The number of rotatable bonds is 6. The average Bonchev–Trinajstić information content (AvgIpc) is 3.54. The van der Waals surface area contributed by atoms with Gasteiger partial charge in [0.05, 0.1) is 0 Å². The summed E-state index contributed by atoms with van der Waals surface area (Å²) < 4.78 is 34.4. The van der Waals surface area contributed by atoms with Crippen LogP contribution in [0.2, 0.25) is 0 Å². The number of piperazine rings is 2. The van der Waals surface area contributed by atoms with Crippen molar-refractivity contribution in [2.45, 2.75) is 12.5 Å². The van der Waals surface area contributed by atoms with Gasteiger partial charge in [0.25, 0.3) is 11.8 Å². The zero-order valence-electron chi connectivity index (χ0n) is 23.9. The number of nitrogens with one attached hydrogen (secondary N) is 2. The lowest BCUT2D eigenvalue weighted by molar-refractivity contribution is 0.0535. The average molecular weight is 612 g/mol. The molecule has 3 aromatic carbocycles. The predicted octanol–water partition coefficient (Wildman–Crippen LogP) is 3.80. The molecule has 43 heavy (non-hydrogen) atoms. The Hall–Kier alpha value is -3.73. The van der Waals surface area contributed by atoms with Crippen molar-refractivity contribution < 1.29 is 23.1 Å². The van der Waals surface area contributed by atoms with Gasteiger partial charge < -0.3 is 30.1 Å². The summed E-state index contributed by atoms with van der Waals surface area (Å²) in [6.07, 6.45) is 0.918. The maximum atomic E-state index is 14.5. The van der Waals surface area contributed by atoms with Crippen LogP contribution in [-0.2, 0) is 0 Å². The number of halogens is 3. The number of anilines is 1. The first-order valence-corrected chi connectivity index (χ1v) is 14.6. The minimum absolute atomic E-state index is 0.